The summed E-state index contributed by atoms with van der Waals surface area (Å²) in [6, 6.07) is 16.4. The molecule has 32 heavy (non-hydrogen) atoms. The smallest absolute Gasteiger partial charge is 0.407 e. The highest BCUT2D eigenvalue weighted by Gasteiger charge is 2.55. The van der Waals surface area contributed by atoms with Gasteiger partial charge in [0.2, 0.25) is 5.91 Å². The number of hydrogen-bond acceptors (Lipinski definition) is 4. The van der Waals surface area contributed by atoms with Crippen molar-refractivity contribution in [3.8, 4) is 11.1 Å². The number of hydrogen-bond donors (Lipinski definition) is 2. The van der Waals surface area contributed by atoms with Crippen molar-refractivity contribution in [2.75, 3.05) is 20.2 Å². The Bertz CT molecular complexity index is 985. The number of unbranched alkanes of at least 4 members (excludes halogenated alkanes) is 1. The summed E-state index contributed by atoms with van der Waals surface area (Å²) in [7, 11) is 1.55. The number of nitrogens with zero attached hydrogens (tertiary/aromatic N) is 1. The molecule has 0 aromatic heterocycles. The van der Waals surface area contributed by atoms with Crippen LogP contribution in [0.2, 0.25) is 0 Å². The maximum Gasteiger partial charge on any atom is 0.407 e. The Morgan fingerprint density at radius 3 is 2.19 bits per heavy atom. The van der Waals surface area contributed by atoms with Crippen LogP contribution in [0.5, 0.6) is 0 Å². The lowest BCUT2D eigenvalue weighted by atomic mass is 9.98. The first kappa shape index (κ1) is 21.9. The van der Waals surface area contributed by atoms with E-state index < -0.39 is 17.6 Å². The van der Waals surface area contributed by atoms with Gasteiger partial charge in [0.1, 0.15) is 12.1 Å². The molecule has 1 fully saturated rings. The Morgan fingerprint density at radius 2 is 1.62 bits per heavy atom. The zero-order chi connectivity index (χ0) is 22.7. The fraction of sp³-hybridized carbons (Fsp3) is 0.400. The number of ether oxygens (including phenoxy) is 1. The van der Waals surface area contributed by atoms with Gasteiger partial charge in [-0.1, -0.05) is 48.5 Å². The van der Waals surface area contributed by atoms with Crippen LogP contribution in [0.4, 0.5) is 4.79 Å². The predicted molar refractivity (Wildman–Crippen MR) is 119 cm³/mol. The highest BCUT2D eigenvalue weighted by Crippen LogP contribution is 2.44. The Balaban J connectivity index is 1.19. The quantitative estimate of drug-likeness (QED) is 0.584. The Hall–Kier alpha value is -3.35. The molecular weight excluding hydrogens is 408 g/mol. The zero-order valence-electron chi connectivity index (χ0n) is 18.2. The maximum absolute atomic E-state index is 12.2. The summed E-state index contributed by atoms with van der Waals surface area (Å²) in [4.78, 5) is 37.1. The number of benzene rings is 2. The van der Waals surface area contributed by atoms with Crippen molar-refractivity contribution in [1.82, 2.24) is 10.2 Å². The van der Waals surface area contributed by atoms with Gasteiger partial charge in [0.05, 0.1) is 0 Å². The lowest BCUT2D eigenvalue weighted by Crippen LogP contribution is -2.44. The SMILES string of the molecule is CN(C(=O)CCCCNC(=O)OCC1c2ccccc2-c2ccccc21)C1(C(=O)O)CC1. The summed E-state index contributed by atoms with van der Waals surface area (Å²) in [5.41, 5.74) is 3.69. The highest BCUT2D eigenvalue weighted by atomic mass is 16.5. The molecule has 168 valence electrons. The average molecular weight is 437 g/mol. The van der Waals surface area contributed by atoms with Crippen molar-refractivity contribution in [2.45, 2.75) is 43.6 Å². The van der Waals surface area contributed by atoms with Gasteiger partial charge in [0, 0.05) is 25.9 Å². The van der Waals surface area contributed by atoms with Crippen LogP contribution in [0.1, 0.15) is 49.1 Å². The van der Waals surface area contributed by atoms with Crippen LogP contribution in [0.3, 0.4) is 0 Å². The number of likely N-dealkylation sites (N-methyl/N-ethyl adjacent to an activating group) is 1. The summed E-state index contributed by atoms with van der Waals surface area (Å²) in [5.74, 6) is -1.10. The lowest BCUT2D eigenvalue weighted by Gasteiger charge is -2.24. The molecule has 0 saturated heterocycles. The van der Waals surface area contributed by atoms with E-state index >= 15 is 0 Å². The first-order valence-electron chi connectivity index (χ1n) is 11.0. The minimum absolute atomic E-state index is 0.0188. The van der Waals surface area contributed by atoms with Crippen LogP contribution >= 0.6 is 0 Å². The van der Waals surface area contributed by atoms with E-state index in [0.29, 0.717) is 32.2 Å². The molecule has 7 heteroatoms. The van der Waals surface area contributed by atoms with Gasteiger partial charge in [-0.2, -0.15) is 0 Å². The lowest BCUT2D eigenvalue weighted by molar-refractivity contribution is -0.151. The largest absolute Gasteiger partial charge is 0.479 e. The van der Waals surface area contributed by atoms with E-state index in [4.69, 9.17) is 4.74 Å². The molecule has 0 aliphatic heterocycles. The molecule has 0 bridgehead atoms. The number of aliphatic carboxylic acids is 1. The van der Waals surface area contributed by atoms with E-state index in [9.17, 15) is 19.5 Å². The van der Waals surface area contributed by atoms with Gasteiger partial charge in [-0.15, -0.1) is 0 Å². The van der Waals surface area contributed by atoms with Gasteiger partial charge in [0.15, 0.2) is 0 Å². The molecule has 0 atom stereocenters. The van der Waals surface area contributed by atoms with E-state index in [1.165, 1.54) is 27.2 Å². The van der Waals surface area contributed by atoms with Crippen LogP contribution < -0.4 is 5.32 Å². The maximum atomic E-state index is 12.2. The van der Waals surface area contributed by atoms with Gasteiger partial charge in [0.25, 0.3) is 0 Å². The minimum Gasteiger partial charge on any atom is -0.479 e. The first-order chi connectivity index (χ1) is 15.4. The molecule has 2 aliphatic carbocycles. The number of fused-ring (bicyclic) bond motifs is 3. The molecule has 0 unspecified atom stereocenters. The van der Waals surface area contributed by atoms with Crippen molar-refractivity contribution < 1.29 is 24.2 Å². The molecule has 0 heterocycles. The second-order valence-electron chi connectivity index (χ2n) is 8.50. The van der Waals surface area contributed by atoms with Crippen LogP contribution in [-0.4, -0.2) is 53.7 Å². The van der Waals surface area contributed by atoms with E-state index in [0.717, 1.165) is 0 Å². The average Bonchev–Trinajstić information content (AvgIpc) is 3.55. The van der Waals surface area contributed by atoms with Gasteiger partial charge < -0.3 is 20.1 Å². The number of carbonyl (C=O) groups is 3. The molecule has 2 aromatic carbocycles. The molecular formula is C25H28N2O5. The fourth-order valence-electron chi connectivity index (χ4n) is 4.46. The molecule has 1 saturated carbocycles. The first-order valence-corrected chi connectivity index (χ1v) is 11.0. The van der Waals surface area contributed by atoms with E-state index in [-0.39, 0.29) is 24.9 Å². The Kier molecular flexibility index (Phi) is 6.17. The van der Waals surface area contributed by atoms with E-state index in [1.54, 1.807) is 7.05 Å². The summed E-state index contributed by atoms with van der Waals surface area (Å²) < 4.78 is 5.49. The number of amides is 2. The van der Waals surface area contributed by atoms with E-state index in [2.05, 4.69) is 29.6 Å². The van der Waals surface area contributed by atoms with Crippen LogP contribution in [0, 0.1) is 0 Å². The normalized spacial score (nSPS) is 15.4. The van der Waals surface area contributed by atoms with Crippen LogP contribution in [-0.2, 0) is 14.3 Å². The molecule has 2 aliphatic rings. The van der Waals surface area contributed by atoms with Crippen molar-refractivity contribution >= 4 is 18.0 Å². The van der Waals surface area contributed by atoms with Crippen molar-refractivity contribution in [3.05, 3.63) is 59.7 Å². The number of alkyl carbamates (subject to hydrolysis) is 1. The van der Waals surface area contributed by atoms with Gasteiger partial charge in [-0.25, -0.2) is 9.59 Å². The number of nitrogens with one attached hydrogen (secondary N) is 1. The number of carboxylic acids is 1. The zero-order valence-corrected chi connectivity index (χ0v) is 18.2. The third-order valence-electron chi connectivity index (χ3n) is 6.57. The Labute approximate surface area is 187 Å². The minimum atomic E-state index is -1.00. The van der Waals surface area contributed by atoms with Gasteiger partial charge in [-0.3, -0.25) is 4.79 Å². The summed E-state index contributed by atoms with van der Waals surface area (Å²) in [6.45, 7) is 0.665. The topological polar surface area (TPSA) is 95.9 Å². The summed E-state index contributed by atoms with van der Waals surface area (Å²) in [5, 5.41) is 12.0. The summed E-state index contributed by atoms with van der Waals surface area (Å²) in [6.07, 6.45) is 1.99. The molecule has 4 rings (SSSR count). The second-order valence-corrected chi connectivity index (χ2v) is 8.50. The van der Waals surface area contributed by atoms with Crippen molar-refractivity contribution in [1.29, 1.82) is 0 Å². The molecule has 2 amide bonds. The van der Waals surface area contributed by atoms with Gasteiger partial charge >= 0.3 is 12.1 Å². The van der Waals surface area contributed by atoms with Gasteiger partial charge in [-0.05, 0) is 47.9 Å². The third-order valence-corrected chi connectivity index (χ3v) is 6.57. The molecule has 7 nitrogen and oxygen atoms in total. The third kappa shape index (κ3) is 4.20. The fourth-order valence-corrected chi connectivity index (χ4v) is 4.46. The van der Waals surface area contributed by atoms with Crippen molar-refractivity contribution in [2.24, 2.45) is 0 Å². The second kappa shape index (κ2) is 9.02. The monoisotopic (exact) mass is 436 g/mol. The molecule has 0 spiro atoms. The van der Waals surface area contributed by atoms with E-state index in [1.807, 2.05) is 24.3 Å². The van der Waals surface area contributed by atoms with Crippen LogP contribution in [0.25, 0.3) is 11.1 Å². The number of carbonyl (C=O) groups excluding carboxylic acids is 2. The highest BCUT2D eigenvalue weighted by molar-refractivity contribution is 5.89. The molecule has 2 aromatic rings. The number of carboxylic acid groups (broad SMARTS) is 1. The standard InChI is InChI=1S/C25H28N2O5/c1-27(25(13-14-25)23(29)30)22(28)12-6-7-15-26-24(31)32-16-21-19-10-4-2-8-17(19)18-9-3-5-11-20(18)21/h2-5,8-11,21H,6-7,12-16H2,1H3,(H,26,31)(H,29,30). The number of rotatable bonds is 9. The predicted octanol–water partition coefficient (Wildman–Crippen LogP) is 3.77. The molecule has 0 radical (unpaired) electrons. The van der Waals surface area contributed by atoms with Crippen molar-refractivity contribution in [3.63, 3.8) is 0 Å². The van der Waals surface area contributed by atoms with Crippen LogP contribution in [0.15, 0.2) is 48.5 Å². The Morgan fingerprint density at radius 1 is 1.03 bits per heavy atom. The summed E-state index contributed by atoms with van der Waals surface area (Å²) >= 11 is 0. The molecule has 2 N–H and O–H groups in total.